The van der Waals surface area contributed by atoms with Gasteiger partial charge in [-0.25, -0.2) is 0 Å². The molecule has 1 unspecified atom stereocenters. The van der Waals surface area contributed by atoms with Gasteiger partial charge in [-0.05, 0) is 207 Å². The number of aromatic nitrogens is 1. The summed E-state index contributed by atoms with van der Waals surface area (Å²) in [4.78, 5) is 0. The third-order valence-electron chi connectivity index (χ3n) is 19.3. The van der Waals surface area contributed by atoms with Crippen LogP contribution in [0, 0.1) is 23.7 Å². The summed E-state index contributed by atoms with van der Waals surface area (Å²) >= 11 is 0. The number of rotatable bonds is 5. The van der Waals surface area contributed by atoms with E-state index in [-0.39, 0.29) is 5.41 Å². The zero-order chi connectivity index (χ0) is 46.4. The average molecular weight is 892 g/mol. The van der Waals surface area contributed by atoms with Crippen LogP contribution in [0.5, 0.6) is 0 Å². The minimum absolute atomic E-state index is 0.0307. The number of para-hydroxylation sites is 1. The zero-order valence-electron chi connectivity index (χ0n) is 41.3. The van der Waals surface area contributed by atoms with Gasteiger partial charge in [0.25, 0.3) is 0 Å². The van der Waals surface area contributed by atoms with E-state index in [2.05, 4.69) is 184 Å². The number of nitrogens with zero attached hydrogens (tertiary/aromatic N) is 1. The smallest absolute Gasteiger partial charge is 0.405 e. The van der Waals surface area contributed by atoms with Gasteiger partial charge in [0, 0.05) is 21.9 Å². The minimum Gasteiger partial charge on any atom is -0.405 e. The molecular formula is C57H64B3NO6. The Balaban J connectivity index is 0.867. The molecule has 5 aliphatic carbocycles. The first-order chi connectivity index (χ1) is 31.7. The van der Waals surface area contributed by atoms with Gasteiger partial charge in [0.1, 0.15) is 5.60 Å². The largest absolute Gasteiger partial charge is 0.494 e. The van der Waals surface area contributed by atoms with Crippen molar-refractivity contribution in [2.45, 2.75) is 147 Å². The van der Waals surface area contributed by atoms with Crippen molar-refractivity contribution in [3.05, 3.63) is 120 Å². The Morgan fingerprint density at radius 1 is 0.463 bits per heavy atom. The normalized spacial score (nSPS) is 31.2. The summed E-state index contributed by atoms with van der Waals surface area (Å²) in [5, 5.41) is 2.42. The maximum atomic E-state index is 7.07. The van der Waals surface area contributed by atoms with Crippen LogP contribution in [-0.4, -0.2) is 53.7 Å². The van der Waals surface area contributed by atoms with Crippen molar-refractivity contribution in [3.8, 4) is 27.9 Å². The van der Waals surface area contributed by atoms with E-state index < -0.39 is 54.7 Å². The van der Waals surface area contributed by atoms with Crippen LogP contribution in [0.15, 0.2) is 103 Å². The number of benzene rings is 5. The Bertz CT molecular complexity index is 2980. The van der Waals surface area contributed by atoms with E-state index in [1.165, 1.54) is 87.3 Å². The predicted molar refractivity (Wildman–Crippen MR) is 271 cm³/mol. The van der Waals surface area contributed by atoms with Crippen LogP contribution in [0.3, 0.4) is 0 Å². The molecule has 8 aliphatic rings. The molecule has 0 amide bonds. The molecule has 0 radical (unpaired) electrons. The van der Waals surface area contributed by atoms with Crippen LogP contribution >= 0.6 is 0 Å². The van der Waals surface area contributed by atoms with Crippen LogP contribution in [0.25, 0.3) is 49.7 Å². The van der Waals surface area contributed by atoms with Crippen LogP contribution in [0.1, 0.15) is 125 Å². The highest BCUT2D eigenvalue weighted by atomic mass is 16.7. The van der Waals surface area contributed by atoms with Gasteiger partial charge < -0.3 is 32.5 Å². The standard InChI is InChI=1S/C57H64B3NO6/c1-51(2)52(3,4)63-58(62-51)41-20-25-50-46(33-41)45-14-12-13-15-49(45)61(50)42-21-16-36(17-22-42)37-18-23-43-44-24-19-38(56(11)55(9,10)66-60(67-56)59-64-53(5,6)54(7,8)65-59)32-48(44)57(47(43)31-37)39-27-34-26-35(29-39)30-40(57)28-34/h12-25,31-35,39-40H,26-30H2,1-11H3. The van der Waals surface area contributed by atoms with Gasteiger partial charge in [-0.1, -0.05) is 72.8 Å². The van der Waals surface area contributed by atoms with Gasteiger partial charge in [0.15, 0.2) is 0 Å². The molecule has 342 valence electrons. The van der Waals surface area contributed by atoms with Crippen LogP contribution in [-0.2, 0) is 38.9 Å². The van der Waals surface area contributed by atoms with Gasteiger partial charge in [-0.15, -0.1) is 0 Å². The zero-order valence-corrected chi connectivity index (χ0v) is 41.3. The second-order valence-corrected chi connectivity index (χ2v) is 24.2. The topological polar surface area (TPSA) is 60.3 Å². The Kier molecular flexibility index (Phi) is 8.84. The average Bonchev–Trinajstić information content (AvgIpc) is 3.98. The summed E-state index contributed by atoms with van der Waals surface area (Å²) in [7, 11) is -1.68. The molecule has 3 aliphatic heterocycles. The molecule has 0 N–H and O–H groups in total. The summed E-state index contributed by atoms with van der Waals surface area (Å²) in [6, 6.07) is 39.4. The molecule has 6 aromatic rings. The van der Waals surface area contributed by atoms with Crippen molar-refractivity contribution in [1.82, 2.24) is 4.57 Å². The van der Waals surface area contributed by atoms with Gasteiger partial charge in [-0.3, -0.25) is 0 Å². The summed E-state index contributed by atoms with van der Waals surface area (Å²) < 4.78 is 42.2. The lowest BCUT2D eigenvalue weighted by Crippen LogP contribution is -2.55. The van der Waals surface area contributed by atoms with E-state index in [9.17, 15) is 0 Å². The Morgan fingerprint density at radius 3 is 1.66 bits per heavy atom. The first kappa shape index (κ1) is 42.9. The molecule has 5 aromatic carbocycles. The van der Waals surface area contributed by atoms with E-state index in [1.54, 1.807) is 5.56 Å². The summed E-state index contributed by atoms with van der Waals surface area (Å²) in [5.74, 6) is 2.94. The molecule has 7 nitrogen and oxygen atoms in total. The van der Waals surface area contributed by atoms with Crippen molar-refractivity contribution in [1.29, 1.82) is 0 Å². The molecule has 1 aromatic heterocycles. The minimum atomic E-state index is -0.725. The van der Waals surface area contributed by atoms with Gasteiger partial charge in [0.05, 0.1) is 39.0 Å². The van der Waals surface area contributed by atoms with Crippen molar-refractivity contribution in [2.75, 3.05) is 0 Å². The van der Waals surface area contributed by atoms with Gasteiger partial charge >= 0.3 is 21.1 Å². The molecule has 67 heavy (non-hydrogen) atoms. The van der Waals surface area contributed by atoms with Crippen molar-refractivity contribution in [3.63, 3.8) is 0 Å². The molecule has 14 rings (SSSR count). The Hall–Kier alpha value is -4.15. The molecule has 1 spiro atoms. The molecule has 4 bridgehead atoms. The Labute approximate surface area is 398 Å². The summed E-state index contributed by atoms with van der Waals surface area (Å²) in [5.41, 5.74) is 10.9. The summed E-state index contributed by atoms with van der Waals surface area (Å²) in [6.45, 7) is 23.3. The third kappa shape index (κ3) is 5.84. The highest BCUT2D eigenvalue weighted by molar-refractivity contribution is 7.11. The maximum Gasteiger partial charge on any atom is 0.494 e. The van der Waals surface area contributed by atoms with Gasteiger partial charge in [0.2, 0.25) is 0 Å². The van der Waals surface area contributed by atoms with E-state index >= 15 is 0 Å². The molecule has 4 heterocycles. The van der Waals surface area contributed by atoms with Gasteiger partial charge in [-0.2, -0.15) is 0 Å². The van der Waals surface area contributed by atoms with Crippen molar-refractivity contribution >= 4 is 48.4 Å². The van der Waals surface area contributed by atoms with Crippen LogP contribution in [0.4, 0.5) is 0 Å². The lowest BCUT2D eigenvalue weighted by Gasteiger charge is -2.61. The van der Waals surface area contributed by atoms with E-state index in [1.807, 2.05) is 0 Å². The van der Waals surface area contributed by atoms with Crippen LogP contribution < -0.4 is 5.46 Å². The van der Waals surface area contributed by atoms with E-state index in [4.69, 9.17) is 27.9 Å². The first-order valence-electron chi connectivity index (χ1n) is 25.2. The first-order valence-corrected chi connectivity index (χ1v) is 25.2. The lowest BCUT2D eigenvalue weighted by atomic mass is 9.43. The number of hydrogen-bond donors (Lipinski definition) is 0. The quantitative estimate of drug-likeness (QED) is 0.161. The van der Waals surface area contributed by atoms with Crippen molar-refractivity contribution < 1.29 is 27.9 Å². The molecule has 3 saturated heterocycles. The highest BCUT2D eigenvalue weighted by Gasteiger charge is 2.66. The van der Waals surface area contributed by atoms with Crippen LogP contribution in [0.2, 0.25) is 0 Å². The molecule has 10 heteroatoms. The fourth-order valence-electron chi connectivity index (χ4n) is 14.2. The number of fused-ring (bicyclic) bond motifs is 6. The second kappa shape index (κ2) is 13.8. The SMILES string of the molecule is CC1(C)OB(B2OC(C)(C)C(C)(c3ccc4c(c3)C3(c5cc(-c6ccc(-n7c8ccccc8c8cc(B9OC(C)(C)C(C)(C)O9)ccc87)cc6)ccc5-4)C4CC5CC(C4)CC3C5)O2)OC1(C)C. The van der Waals surface area contributed by atoms with E-state index in [0.717, 1.165) is 23.0 Å². The van der Waals surface area contributed by atoms with Crippen molar-refractivity contribution in [2.24, 2.45) is 23.7 Å². The second-order valence-electron chi connectivity index (χ2n) is 24.2. The monoisotopic (exact) mass is 892 g/mol. The lowest BCUT2D eigenvalue weighted by molar-refractivity contribution is -0.0404. The highest BCUT2D eigenvalue weighted by Crippen LogP contribution is 2.70. The molecule has 4 saturated carbocycles. The fraction of sp³-hybridized carbons (Fsp3) is 0.474. The van der Waals surface area contributed by atoms with E-state index in [0.29, 0.717) is 11.8 Å². The fourth-order valence-corrected chi connectivity index (χ4v) is 14.2. The predicted octanol–water partition coefficient (Wildman–Crippen LogP) is 12.2. The molecular weight excluding hydrogens is 827 g/mol. The molecule has 1 atom stereocenters. The molecule has 7 fully saturated rings. The summed E-state index contributed by atoms with van der Waals surface area (Å²) in [6.07, 6.45) is 6.69. The third-order valence-corrected chi connectivity index (χ3v) is 19.3. The number of hydrogen-bond acceptors (Lipinski definition) is 6. The Morgan fingerprint density at radius 2 is 1.00 bits per heavy atom. The maximum absolute atomic E-state index is 7.07.